The van der Waals surface area contributed by atoms with Crippen molar-refractivity contribution in [2.24, 2.45) is 0 Å². The summed E-state index contributed by atoms with van der Waals surface area (Å²) in [7, 11) is 1.64. The summed E-state index contributed by atoms with van der Waals surface area (Å²) in [6, 6.07) is 4.19. The standard InChI is InChI=1S/C17H30O3S2Si/c1-8-21-16(22-9-2)12-13-10-14(18-3)17(15(11-13)19-4)20-23(5,6)7/h10-11,16H,8-9,12H2,1-7H3. The van der Waals surface area contributed by atoms with Crippen LogP contribution in [0.3, 0.4) is 0 Å². The van der Waals surface area contributed by atoms with Crippen molar-refractivity contribution in [3.63, 3.8) is 0 Å². The van der Waals surface area contributed by atoms with Gasteiger partial charge in [-0.05, 0) is 55.3 Å². The van der Waals surface area contributed by atoms with Crippen LogP contribution in [0, 0.1) is 0 Å². The largest absolute Gasteiger partial charge is 0.539 e. The van der Waals surface area contributed by atoms with Crippen LogP contribution in [0.5, 0.6) is 17.2 Å². The van der Waals surface area contributed by atoms with Gasteiger partial charge in [-0.15, -0.1) is 23.5 Å². The van der Waals surface area contributed by atoms with Gasteiger partial charge in [0.25, 0.3) is 0 Å². The number of rotatable bonds is 10. The zero-order chi connectivity index (χ0) is 17.5. The molecule has 132 valence electrons. The van der Waals surface area contributed by atoms with Crippen LogP contribution in [0.2, 0.25) is 19.6 Å². The van der Waals surface area contributed by atoms with E-state index in [2.05, 4.69) is 45.6 Å². The Morgan fingerprint density at radius 1 is 0.957 bits per heavy atom. The average Bonchev–Trinajstić information content (AvgIpc) is 2.47. The van der Waals surface area contributed by atoms with E-state index >= 15 is 0 Å². The van der Waals surface area contributed by atoms with Crippen LogP contribution >= 0.6 is 23.5 Å². The number of hydrogen-bond donors (Lipinski definition) is 0. The van der Waals surface area contributed by atoms with Crippen LogP contribution in [0.4, 0.5) is 0 Å². The minimum Gasteiger partial charge on any atom is -0.539 e. The van der Waals surface area contributed by atoms with Gasteiger partial charge in [0.05, 0.1) is 18.8 Å². The maximum Gasteiger partial charge on any atom is 0.242 e. The molecule has 0 saturated heterocycles. The Labute approximate surface area is 151 Å². The van der Waals surface area contributed by atoms with Gasteiger partial charge in [0, 0.05) is 0 Å². The van der Waals surface area contributed by atoms with Crippen molar-refractivity contribution in [2.75, 3.05) is 25.7 Å². The van der Waals surface area contributed by atoms with E-state index in [-0.39, 0.29) is 0 Å². The van der Waals surface area contributed by atoms with Gasteiger partial charge in [0.1, 0.15) is 0 Å². The first-order valence-electron chi connectivity index (χ1n) is 8.01. The average molecular weight is 375 g/mol. The van der Waals surface area contributed by atoms with E-state index < -0.39 is 8.32 Å². The first-order valence-corrected chi connectivity index (χ1v) is 13.5. The van der Waals surface area contributed by atoms with Gasteiger partial charge in [-0.1, -0.05) is 13.8 Å². The van der Waals surface area contributed by atoms with Gasteiger partial charge in [-0.2, -0.15) is 0 Å². The monoisotopic (exact) mass is 374 g/mol. The molecule has 1 aromatic rings. The Kier molecular flexibility index (Phi) is 8.72. The lowest BCUT2D eigenvalue weighted by Gasteiger charge is -2.24. The van der Waals surface area contributed by atoms with Crippen molar-refractivity contribution in [1.29, 1.82) is 0 Å². The molecule has 0 fully saturated rings. The fraction of sp³-hybridized carbons (Fsp3) is 0.647. The predicted molar refractivity (Wildman–Crippen MR) is 107 cm³/mol. The molecular formula is C17H30O3S2Si. The molecule has 6 heteroatoms. The minimum atomic E-state index is -1.74. The van der Waals surface area contributed by atoms with E-state index in [1.165, 1.54) is 5.56 Å². The second-order valence-corrected chi connectivity index (χ2v) is 13.8. The highest BCUT2D eigenvalue weighted by Crippen LogP contribution is 2.41. The Balaban J connectivity index is 3.11. The molecule has 0 aliphatic carbocycles. The summed E-state index contributed by atoms with van der Waals surface area (Å²) in [5, 5.41) is 0. The lowest BCUT2D eigenvalue weighted by Crippen LogP contribution is -2.29. The molecule has 0 N–H and O–H groups in total. The number of hydrogen-bond acceptors (Lipinski definition) is 5. The second-order valence-electron chi connectivity index (χ2n) is 6.09. The fourth-order valence-electron chi connectivity index (χ4n) is 2.19. The summed E-state index contributed by atoms with van der Waals surface area (Å²) >= 11 is 3.99. The predicted octanol–water partition coefficient (Wildman–Crippen LogP) is 5.29. The van der Waals surface area contributed by atoms with Crippen molar-refractivity contribution in [3.05, 3.63) is 17.7 Å². The zero-order valence-corrected chi connectivity index (χ0v) is 18.0. The van der Waals surface area contributed by atoms with Crippen LogP contribution in [-0.4, -0.2) is 38.6 Å². The van der Waals surface area contributed by atoms with E-state index in [0.29, 0.717) is 4.58 Å². The number of methoxy groups -OCH3 is 2. The normalized spacial score (nSPS) is 11.7. The fourth-order valence-corrected chi connectivity index (χ4v) is 5.57. The highest BCUT2D eigenvalue weighted by molar-refractivity contribution is 8.16. The van der Waals surface area contributed by atoms with Crippen molar-refractivity contribution < 1.29 is 13.9 Å². The first-order chi connectivity index (χ1) is 10.8. The zero-order valence-electron chi connectivity index (χ0n) is 15.4. The third-order valence-electron chi connectivity index (χ3n) is 3.04. The van der Waals surface area contributed by atoms with Crippen molar-refractivity contribution in [1.82, 2.24) is 0 Å². The van der Waals surface area contributed by atoms with Gasteiger partial charge >= 0.3 is 0 Å². The van der Waals surface area contributed by atoms with E-state index in [9.17, 15) is 0 Å². The summed E-state index contributed by atoms with van der Waals surface area (Å²) in [5.74, 6) is 4.53. The first kappa shape index (κ1) is 20.6. The van der Waals surface area contributed by atoms with Crippen LogP contribution in [-0.2, 0) is 6.42 Å². The Hall–Kier alpha value is -0.463. The molecule has 0 aromatic heterocycles. The molecule has 0 radical (unpaired) electrons. The highest BCUT2D eigenvalue weighted by Gasteiger charge is 2.23. The molecule has 1 aromatic carbocycles. The Morgan fingerprint density at radius 2 is 1.43 bits per heavy atom. The molecule has 0 aliphatic heterocycles. The molecule has 0 bridgehead atoms. The van der Waals surface area contributed by atoms with Crippen molar-refractivity contribution >= 4 is 31.8 Å². The molecule has 23 heavy (non-hydrogen) atoms. The smallest absolute Gasteiger partial charge is 0.242 e. The number of ether oxygens (including phenoxy) is 2. The molecule has 0 aliphatic rings. The molecule has 0 atom stereocenters. The third-order valence-corrected chi connectivity index (χ3v) is 6.41. The molecule has 0 amide bonds. The van der Waals surface area contributed by atoms with Crippen LogP contribution < -0.4 is 13.9 Å². The molecule has 0 saturated carbocycles. The molecular weight excluding hydrogens is 344 g/mol. The van der Waals surface area contributed by atoms with Gasteiger partial charge in [0.2, 0.25) is 8.32 Å². The molecule has 3 nitrogen and oxygen atoms in total. The SMILES string of the molecule is CCSC(Cc1cc(OC)c(O[Si](C)(C)C)c(OC)c1)SCC. The van der Waals surface area contributed by atoms with Gasteiger partial charge in [-0.25, -0.2) is 0 Å². The van der Waals surface area contributed by atoms with Gasteiger partial charge < -0.3 is 13.9 Å². The van der Waals surface area contributed by atoms with Crippen LogP contribution in [0.15, 0.2) is 12.1 Å². The lowest BCUT2D eigenvalue weighted by molar-refractivity contribution is 0.360. The van der Waals surface area contributed by atoms with E-state index in [1.54, 1.807) is 14.2 Å². The van der Waals surface area contributed by atoms with Crippen molar-refractivity contribution in [3.8, 4) is 17.2 Å². The summed E-state index contributed by atoms with van der Waals surface area (Å²) in [4.78, 5) is 0. The van der Waals surface area contributed by atoms with Gasteiger partial charge in [-0.3, -0.25) is 0 Å². The summed E-state index contributed by atoms with van der Waals surface area (Å²) < 4.78 is 17.9. The third kappa shape index (κ3) is 6.89. The Morgan fingerprint density at radius 3 is 1.78 bits per heavy atom. The Bertz CT molecular complexity index is 458. The summed E-state index contributed by atoms with van der Waals surface area (Å²) in [6.45, 7) is 10.9. The van der Waals surface area contributed by atoms with E-state index in [1.807, 2.05) is 23.5 Å². The number of benzene rings is 1. The second kappa shape index (κ2) is 9.74. The maximum absolute atomic E-state index is 6.18. The molecule has 0 unspecified atom stereocenters. The lowest BCUT2D eigenvalue weighted by atomic mass is 10.1. The van der Waals surface area contributed by atoms with Crippen LogP contribution in [0.1, 0.15) is 19.4 Å². The van der Waals surface area contributed by atoms with Crippen molar-refractivity contribution in [2.45, 2.75) is 44.5 Å². The van der Waals surface area contributed by atoms with Crippen LogP contribution in [0.25, 0.3) is 0 Å². The molecule has 0 heterocycles. The molecule has 0 spiro atoms. The molecule has 1 rings (SSSR count). The van der Waals surface area contributed by atoms with E-state index in [4.69, 9.17) is 13.9 Å². The van der Waals surface area contributed by atoms with E-state index in [0.717, 1.165) is 35.2 Å². The number of thioether (sulfide) groups is 2. The summed E-state index contributed by atoms with van der Waals surface area (Å²) in [5.41, 5.74) is 1.23. The quantitative estimate of drug-likeness (QED) is 0.410. The van der Waals surface area contributed by atoms with Gasteiger partial charge in [0.15, 0.2) is 17.2 Å². The summed E-state index contributed by atoms with van der Waals surface area (Å²) in [6.07, 6.45) is 0.997. The maximum atomic E-state index is 6.18. The minimum absolute atomic E-state index is 0.558. The topological polar surface area (TPSA) is 27.7 Å². The highest BCUT2D eigenvalue weighted by atomic mass is 32.2.